The fourth-order valence-corrected chi connectivity index (χ4v) is 1.55. The Labute approximate surface area is 114 Å². The third kappa shape index (κ3) is 5.00. The van der Waals surface area contributed by atoms with Gasteiger partial charge in [-0.25, -0.2) is 5.48 Å². The number of nitrogens with one attached hydrogen (secondary N) is 1. The van der Waals surface area contributed by atoms with Crippen LogP contribution in [0.5, 0.6) is 5.75 Å². The molecule has 0 saturated heterocycles. The fraction of sp³-hybridized carbons (Fsp3) is 0.300. The number of hydrogen-bond donors (Lipinski definition) is 1. The minimum atomic E-state index is -0.280. The van der Waals surface area contributed by atoms with E-state index in [-0.39, 0.29) is 19.1 Å². The molecule has 17 heavy (non-hydrogen) atoms. The molecule has 0 spiro atoms. The lowest BCUT2D eigenvalue weighted by Gasteiger charge is -2.09. The molecular formula is C10H10Cl3NO3. The molecule has 0 aliphatic rings. The van der Waals surface area contributed by atoms with E-state index in [1.54, 1.807) is 0 Å². The highest BCUT2D eigenvalue weighted by Crippen LogP contribution is 2.33. The Bertz CT molecular complexity index is 412. The number of rotatable bonds is 5. The highest BCUT2D eigenvalue weighted by molar-refractivity contribution is 6.43. The number of halogens is 3. The molecule has 0 radical (unpaired) electrons. The SMILES string of the molecule is CC(=O)NOCCOc1cc(Cl)c(Cl)cc1Cl. The maximum atomic E-state index is 10.5. The molecule has 4 nitrogen and oxygen atoms in total. The minimum absolute atomic E-state index is 0.191. The summed E-state index contributed by atoms with van der Waals surface area (Å²) in [6.07, 6.45) is 0. The first-order valence-electron chi connectivity index (χ1n) is 4.66. The summed E-state index contributed by atoms with van der Waals surface area (Å²) in [6, 6.07) is 3.01. The fourth-order valence-electron chi connectivity index (χ4n) is 0.961. The van der Waals surface area contributed by atoms with Crippen molar-refractivity contribution in [1.29, 1.82) is 0 Å². The number of ether oxygens (including phenoxy) is 1. The lowest BCUT2D eigenvalue weighted by atomic mass is 10.3. The molecule has 1 aromatic carbocycles. The van der Waals surface area contributed by atoms with Crippen LogP contribution in [0.15, 0.2) is 12.1 Å². The second-order valence-electron chi connectivity index (χ2n) is 3.05. The highest BCUT2D eigenvalue weighted by Gasteiger charge is 2.06. The minimum Gasteiger partial charge on any atom is -0.489 e. The van der Waals surface area contributed by atoms with Gasteiger partial charge in [0.05, 0.1) is 15.1 Å². The average Bonchev–Trinajstić information content (AvgIpc) is 2.24. The number of hydrogen-bond acceptors (Lipinski definition) is 3. The lowest BCUT2D eigenvalue weighted by molar-refractivity contribution is -0.131. The number of carbonyl (C=O) groups excluding carboxylic acids is 1. The molecular weight excluding hydrogens is 288 g/mol. The van der Waals surface area contributed by atoms with Gasteiger partial charge in [0.1, 0.15) is 19.0 Å². The monoisotopic (exact) mass is 297 g/mol. The van der Waals surface area contributed by atoms with Gasteiger partial charge in [-0.15, -0.1) is 0 Å². The molecule has 7 heteroatoms. The molecule has 0 aromatic heterocycles. The molecule has 0 atom stereocenters. The zero-order chi connectivity index (χ0) is 12.8. The predicted octanol–water partition coefficient (Wildman–Crippen LogP) is 3.09. The molecule has 0 fully saturated rings. The van der Waals surface area contributed by atoms with Gasteiger partial charge in [0.15, 0.2) is 0 Å². The van der Waals surface area contributed by atoms with Gasteiger partial charge >= 0.3 is 0 Å². The smallest absolute Gasteiger partial charge is 0.240 e. The molecule has 0 bridgehead atoms. The van der Waals surface area contributed by atoms with Gasteiger partial charge in [-0.2, -0.15) is 0 Å². The van der Waals surface area contributed by atoms with E-state index in [9.17, 15) is 4.79 Å². The van der Waals surface area contributed by atoms with Gasteiger partial charge in [-0.05, 0) is 6.07 Å². The second kappa shape index (κ2) is 6.91. The summed E-state index contributed by atoms with van der Waals surface area (Å²) < 4.78 is 5.30. The van der Waals surface area contributed by atoms with Crippen LogP contribution in [0.4, 0.5) is 0 Å². The number of hydroxylamine groups is 1. The molecule has 0 unspecified atom stereocenters. The van der Waals surface area contributed by atoms with Crippen molar-refractivity contribution in [2.75, 3.05) is 13.2 Å². The van der Waals surface area contributed by atoms with Crippen molar-refractivity contribution in [3.63, 3.8) is 0 Å². The van der Waals surface area contributed by atoms with E-state index < -0.39 is 0 Å². The molecule has 1 amide bonds. The maximum Gasteiger partial charge on any atom is 0.240 e. The van der Waals surface area contributed by atoms with E-state index in [1.165, 1.54) is 19.1 Å². The van der Waals surface area contributed by atoms with Crippen molar-refractivity contribution >= 4 is 40.7 Å². The lowest BCUT2D eigenvalue weighted by Crippen LogP contribution is -2.23. The molecule has 94 valence electrons. The van der Waals surface area contributed by atoms with Crippen LogP contribution in [-0.4, -0.2) is 19.1 Å². The van der Waals surface area contributed by atoms with Crippen LogP contribution in [-0.2, 0) is 9.63 Å². The van der Waals surface area contributed by atoms with Crippen LogP contribution in [0.1, 0.15) is 6.92 Å². The molecule has 0 aliphatic heterocycles. The van der Waals surface area contributed by atoms with Crippen molar-refractivity contribution in [2.45, 2.75) is 6.92 Å². The Hall–Kier alpha value is -0.680. The Morgan fingerprint density at radius 3 is 2.47 bits per heavy atom. The van der Waals surface area contributed by atoms with Crippen molar-refractivity contribution in [3.05, 3.63) is 27.2 Å². The Morgan fingerprint density at radius 2 is 1.82 bits per heavy atom. The van der Waals surface area contributed by atoms with E-state index in [4.69, 9.17) is 44.4 Å². The quantitative estimate of drug-likeness (QED) is 0.516. The Morgan fingerprint density at radius 1 is 1.18 bits per heavy atom. The first-order chi connectivity index (χ1) is 8.00. The number of amides is 1. The van der Waals surface area contributed by atoms with Crippen LogP contribution >= 0.6 is 34.8 Å². The van der Waals surface area contributed by atoms with E-state index in [2.05, 4.69) is 5.48 Å². The summed E-state index contributed by atoms with van der Waals surface area (Å²) in [5.41, 5.74) is 2.17. The normalized spacial score (nSPS) is 10.1. The summed E-state index contributed by atoms with van der Waals surface area (Å²) in [6.45, 7) is 1.75. The number of carbonyl (C=O) groups is 1. The third-order valence-corrected chi connectivity index (χ3v) is 2.65. The summed E-state index contributed by atoms with van der Waals surface area (Å²) in [4.78, 5) is 15.3. The van der Waals surface area contributed by atoms with Crippen LogP contribution < -0.4 is 10.2 Å². The van der Waals surface area contributed by atoms with Crippen LogP contribution in [0, 0.1) is 0 Å². The first-order valence-corrected chi connectivity index (χ1v) is 5.80. The summed E-state index contributed by atoms with van der Waals surface area (Å²) in [5.74, 6) is 0.130. The van der Waals surface area contributed by atoms with Crippen LogP contribution in [0.25, 0.3) is 0 Å². The van der Waals surface area contributed by atoms with Crippen molar-refractivity contribution < 1.29 is 14.4 Å². The van der Waals surface area contributed by atoms with Gasteiger partial charge in [0.25, 0.3) is 0 Å². The van der Waals surface area contributed by atoms with Crippen LogP contribution in [0.3, 0.4) is 0 Å². The van der Waals surface area contributed by atoms with Gasteiger partial charge in [-0.1, -0.05) is 34.8 Å². The highest BCUT2D eigenvalue weighted by atomic mass is 35.5. The topological polar surface area (TPSA) is 47.6 Å². The van der Waals surface area contributed by atoms with E-state index in [0.29, 0.717) is 20.8 Å². The van der Waals surface area contributed by atoms with Gasteiger partial charge in [-0.3, -0.25) is 9.63 Å². The molecule has 0 aliphatic carbocycles. The van der Waals surface area contributed by atoms with Crippen molar-refractivity contribution in [1.82, 2.24) is 5.48 Å². The van der Waals surface area contributed by atoms with Crippen molar-refractivity contribution in [2.24, 2.45) is 0 Å². The maximum absolute atomic E-state index is 10.5. The third-order valence-electron chi connectivity index (χ3n) is 1.63. The Balaban J connectivity index is 2.41. The van der Waals surface area contributed by atoms with E-state index in [0.717, 1.165) is 0 Å². The summed E-state index contributed by atoms with van der Waals surface area (Å²) >= 11 is 17.5. The summed E-state index contributed by atoms with van der Waals surface area (Å²) in [5, 5.41) is 1.08. The molecule has 0 saturated carbocycles. The summed E-state index contributed by atoms with van der Waals surface area (Å²) in [7, 11) is 0. The molecule has 1 rings (SSSR count). The van der Waals surface area contributed by atoms with Gasteiger partial charge in [0, 0.05) is 13.0 Å². The standard InChI is InChI=1S/C10H10Cl3NO3/c1-6(15)14-17-3-2-16-10-5-8(12)7(11)4-9(10)13/h4-5H,2-3H2,1H3,(H,14,15). The Kier molecular flexibility index (Phi) is 5.85. The first kappa shape index (κ1) is 14.4. The van der Waals surface area contributed by atoms with Crippen LogP contribution in [0.2, 0.25) is 15.1 Å². The molecule has 1 N–H and O–H groups in total. The average molecular weight is 299 g/mol. The van der Waals surface area contributed by atoms with E-state index >= 15 is 0 Å². The predicted molar refractivity (Wildman–Crippen MR) is 66.7 cm³/mol. The van der Waals surface area contributed by atoms with Gasteiger partial charge in [0.2, 0.25) is 5.91 Å². The zero-order valence-corrected chi connectivity index (χ0v) is 11.2. The second-order valence-corrected chi connectivity index (χ2v) is 4.27. The van der Waals surface area contributed by atoms with E-state index in [1.807, 2.05) is 0 Å². The van der Waals surface area contributed by atoms with Gasteiger partial charge < -0.3 is 4.74 Å². The van der Waals surface area contributed by atoms with Crippen molar-refractivity contribution in [3.8, 4) is 5.75 Å². The zero-order valence-electron chi connectivity index (χ0n) is 8.93. The number of benzene rings is 1. The molecule has 1 aromatic rings. The molecule has 0 heterocycles. The largest absolute Gasteiger partial charge is 0.489 e.